The molecule has 0 unspecified atom stereocenters. The first kappa shape index (κ1) is 18.8. The molecule has 1 aliphatic rings. The average molecular weight is 347 g/mol. The van der Waals surface area contributed by atoms with Crippen molar-refractivity contribution in [3.8, 4) is 0 Å². The van der Waals surface area contributed by atoms with Crippen LogP contribution in [0.1, 0.15) is 31.1 Å². The van der Waals surface area contributed by atoms with Gasteiger partial charge in [-0.1, -0.05) is 6.92 Å². The van der Waals surface area contributed by atoms with Crippen LogP contribution >= 0.6 is 0 Å². The van der Waals surface area contributed by atoms with Gasteiger partial charge in [0.25, 0.3) is 5.91 Å². The van der Waals surface area contributed by atoms with Gasteiger partial charge in [-0.05, 0) is 44.0 Å². The standard InChI is InChI=1S/C18H25N3O4/c1-11(2)19-18(24)20-14-7-5-13(6-8-14)16(22)21-9-12(3)15(10-21)17(23)25-4/h5-8,11-12,15H,9-10H2,1-4H3,(H2,19,20,24)/t12-,15-/m1/s1. The van der Waals surface area contributed by atoms with Gasteiger partial charge in [-0.3, -0.25) is 9.59 Å². The summed E-state index contributed by atoms with van der Waals surface area (Å²) in [6.45, 7) is 6.58. The molecule has 2 N–H and O–H groups in total. The van der Waals surface area contributed by atoms with Crippen LogP contribution in [0.25, 0.3) is 0 Å². The van der Waals surface area contributed by atoms with E-state index in [1.54, 1.807) is 29.2 Å². The summed E-state index contributed by atoms with van der Waals surface area (Å²) in [7, 11) is 1.36. The highest BCUT2D eigenvalue weighted by molar-refractivity contribution is 5.96. The topological polar surface area (TPSA) is 87.7 Å². The molecule has 7 heteroatoms. The molecular formula is C18H25N3O4. The third-order valence-corrected chi connectivity index (χ3v) is 4.21. The summed E-state index contributed by atoms with van der Waals surface area (Å²) in [5.41, 5.74) is 1.13. The maximum absolute atomic E-state index is 12.6. The fourth-order valence-electron chi connectivity index (χ4n) is 2.90. The van der Waals surface area contributed by atoms with Crippen LogP contribution < -0.4 is 10.6 Å². The van der Waals surface area contributed by atoms with Crippen molar-refractivity contribution in [1.82, 2.24) is 10.2 Å². The summed E-state index contributed by atoms with van der Waals surface area (Å²) < 4.78 is 4.80. The number of ether oxygens (including phenoxy) is 1. The highest BCUT2D eigenvalue weighted by Gasteiger charge is 2.37. The van der Waals surface area contributed by atoms with E-state index in [4.69, 9.17) is 4.74 Å². The molecule has 0 aromatic heterocycles. The number of nitrogens with one attached hydrogen (secondary N) is 2. The number of benzene rings is 1. The fourth-order valence-corrected chi connectivity index (χ4v) is 2.90. The van der Waals surface area contributed by atoms with E-state index in [1.807, 2.05) is 20.8 Å². The van der Waals surface area contributed by atoms with Crippen molar-refractivity contribution in [1.29, 1.82) is 0 Å². The van der Waals surface area contributed by atoms with E-state index >= 15 is 0 Å². The number of methoxy groups -OCH3 is 1. The van der Waals surface area contributed by atoms with Gasteiger partial charge in [0.1, 0.15) is 0 Å². The molecule has 25 heavy (non-hydrogen) atoms. The van der Waals surface area contributed by atoms with Gasteiger partial charge in [0.2, 0.25) is 0 Å². The monoisotopic (exact) mass is 347 g/mol. The largest absolute Gasteiger partial charge is 0.469 e. The van der Waals surface area contributed by atoms with Gasteiger partial charge < -0.3 is 20.3 Å². The van der Waals surface area contributed by atoms with Gasteiger partial charge in [0.05, 0.1) is 13.0 Å². The Bertz CT molecular complexity index is 642. The predicted octanol–water partition coefficient (Wildman–Crippen LogP) is 2.10. The lowest BCUT2D eigenvalue weighted by atomic mass is 9.99. The molecule has 0 aliphatic carbocycles. The molecule has 136 valence electrons. The Morgan fingerprint density at radius 1 is 1.16 bits per heavy atom. The van der Waals surface area contributed by atoms with E-state index in [1.165, 1.54) is 7.11 Å². The van der Waals surface area contributed by atoms with Crippen molar-refractivity contribution >= 4 is 23.6 Å². The Hall–Kier alpha value is -2.57. The molecule has 0 bridgehead atoms. The number of anilines is 1. The lowest BCUT2D eigenvalue weighted by molar-refractivity contribution is -0.146. The molecule has 1 aliphatic heterocycles. The average Bonchev–Trinajstić information content (AvgIpc) is 2.95. The molecule has 1 aromatic carbocycles. The zero-order valence-electron chi connectivity index (χ0n) is 15.0. The van der Waals surface area contributed by atoms with E-state index in [2.05, 4.69) is 10.6 Å². The first-order chi connectivity index (χ1) is 11.8. The Morgan fingerprint density at radius 3 is 2.36 bits per heavy atom. The van der Waals surface area contributed by atoms with Gasteiger partial charge in [0.15, 0.2) is 0 Å². The van der Waals surface area contributed by atoms with Crippen LogP contribution in [0.3, 0.4) is 0 Å². The number of carbonyl (C=O) groups is 3. The Morgan fingerprint density at radius 2 is 1.80 bits per heavy atom. The number of hydrogen-bond acceptors (Lipinski definition) is 4. The minimum Gasteiger partial charge on any atom is -0.469 e. The van der Waals surface area contributed by atoms with E-state index in [0.29, 0.717) is 24.3 Å². The molecule has 2 atom stereocenters. The number of rotatable bonds is 4. The summed E-state index contributed by atoms with van der Waals surface area (Å²) >= 11 is 0. The molecule has 0 radical (unpaired) electrons. The highest BCUT2D eigenvalue weighted by atomic mass is 16.5. The number of esters is 1. The smallest absolute Gasteiger partial charge is 0.319 e. The molecule has 3 amide bonds. The molecule has 7 nitrogen and oxygen atoms in total. The molecule has 0 saturated carbocycles. The van der Waals surface area contributed by atoms with Crippen molar-refractivity contribution in [3.63, 3.8) is 0 Å². The van der Waals surface area contributed by atoms with Gasteiger partial charge in [-0.15, -0.1) is 0 Å². The number of nitrogens with zero attached hydrogens (tertiary/aromatic N) is 1. The summed E-state index contributed by atoms with van der Waals surface area (Å²) in [6.07, 6.45) is 0. The maximum atomic E-state index is 12.6. The van der Waals surface area contributed by atoms with Gasteiger partial charge in [-0.25, -0.2) is 4.79 Å². The van der Waals surface area contributed by atoms with E-state index in [0.717, 1.165) is 0 Å². The van der Waals surface area contributed by atoms with Crippen LogP contribution in [0.4, 0.5) is 10.5 Å². The first-order valence-corrected chi connectivity index (χ1v) is 8.36. The number of likely N-dealkylation sites (tertiary alicyclic amines) is 1. The van der Waals surface area contributed by atoms with Gasteiger partial charge >= 0.3 is 12.0 Å². The van der Waals surface area contributed by atoms with Crippen molar-refractivity contribution in [2.75, 3.05) is 25.5 Å². The summed E-state index contributed by atoms with van der Waals surface area (Å²) in [4.78, 5) is 37.7. The maximum Gasteiger partial charge on any atom is 0.319 e. The van der Waals surface area contributed by atoms with E-state index < -0.39 is 0 Å². The molecule has 1 aromatic rings. The zero-order chi connectivity index (χ0) is 18.6. The molecule has 2 rings (SSSR count). The minimum atomic E-state index is -0.289. The molecular weight excluding hydrogens is 322 g/mol. The molecule has 1 fully saturated rings. The van der Waals surface area contributed by atoms with Crippen molar-refractivity contribution in [2.45, 2.75) is 26.8 Å². The Labute approximate surface area is 147 Å². The number of amides is 3. The quantitative estimate of drug-likeness (QED) is 0.817. The number of urea groups is 1. The van der Waals surface area contributed by atoms with Gasteiger partial charge in [-0.2, -0.15) is 0 Å². The second-order valence-electron chi connectivity index (χ2n) is 6.65. The minimum absolute atomic E-state index is 0.0424. The third kappa shape index (κ3) is 4.71. The SMILES string of the molecule is COC(=O)[C@@H]1CN(C(=O)c2ccc(NC(=O)NC(C)C)cc2)C[C@H]1C. The molecule has 1 heterocycles. The van der Waals surface area contributed by atoms with Crippen LogP contribution in [0.5, 0.6) is 0 Å². The summed E-state index contributed by atoms with van der Waals surface area (Å²) in [5.74, 6) is -0.623. The van der Waals surface area contributed by atoms with Crippen LogP contribution in [-0.2, 0) is 9.53 Å². The molecule has 1 saturated heterocycles. The highest BCUT2D eigenvalue weighted by Crippen LogP contribution is 2.25. The normalized spacial score (nSPS) is 19.6. The third-order valence-electron chi connectivity index (χ3n) is 4.21. The Balaban J connectivity index is 1.99. The van der Waals surface area contributed by atoms with Crippen molar-refractivity contribution < 1.29 is 19.1 Å². The second-order valence-corrected chi connectivity index (χ2v) is 6.65. The lowest BCUT2D eigenvalue weighted by Gasteiger charge is -2.16. The number of hydrogen-bond donors (Lipinski definition) is 2. The molecule has 0 spiro atoms. The van der Waals surface area contributed by atoms with Crippen LogP contribution in [0.15, 0.2) is 24.3 Å². The predicted molar refractivity (Wildman–Crippen MR) is 94.3 cm³/mol. The fraction of sp³-hybridized carbons (Fsp3) is 0.500. The Kier molecular flexibility index (Phi) is 6.01. The van der Waals surface area contributed by atoms with Gasteiger partial charge in [0, 0.05) is 30.4 Å². The van der Waals surface area contributed by atoms with Crippen LogP contribution in [0.2, 0.25) is 0 Å². The van der Waals surface area contributed by atoms with Crippen LogP contribution in [-0.4, -0.2) is 49.0 Å². The second kappa shape index (κ2) is 8.00. The van der Waals surface area contributed by atoms with Crippen LogP contribution in [0, 0.1) is 11.8 Å². The summed E-state index contributed by atoms with van der Waals surface area (Å²) in [6, 6.07) is 6.46. The van der Waals surface area contributed by atoms with E-state index in [-0.39, 0.29) is 35.8 Å². The summed E-state index contributed by atoms with van der Waals surface area (Å²) in [5, 5.41) is 5.44. The van der Waals surface area contributed by atoms with Crippen molar-refractivity contribution in [3.05, 3.63) is 29.8 Å². The zero-order valence-corrected chi connectivity index (χ0v) is 15.0. The number of carbonyl (C=O) groups excluding carboxylic acids is 3. The lowest BCUT2D eigenvalue weighted by Crippen LogP contribution is -2.34. The van der Waals surface area contributed by atoms with Crippen molar-refractivity contribution in [2.24, 2.45) is 11.8 Å². The first-order valence-electron chi connectivity index (χ1n) is 8.36. The van der Waals surface area contributed by atoms with E-state index in [9.17, 15) is 14.4 Å².